The Balaban J connectivity index is 3.83. The maximum Gasteiger partial charge on any atom is 0.260 e. The fraction of sp³-hybridized carbons (Fsp3) is 0.400. The van der Waals surface area contributed by atoms with Crippen LogP contribution in [0.1, 0.15) is 13.8 Å². The Labute approximate surface area is 48.5 Å². The molecule has 1 amide bonds. The summed E-state index contributed by atoms with van der Waals surface area (Å²) in [5.74, 6) is 4.58. The number of rotatable bonds is 1. The van der Waals surface area contributed by atoms with Crippen molar-refractivity contribution in [2.24, 2.45) is 5.84 Å². The second kappa shape index (κ2) is 3.21. The monoisotopic (exact) mass is 114 g/mol. The Morgan fingerprint density at radius 3 is 2.38 bits per heavy atom. The van der Waals surface area contributed by atoms with Crippen molar-refractivity contribution < 1.29 is 4.79 Å². The van der Waals surface area contributed by atoms with Crippen LogP contribution in [0.3, 0.4) is 0 Å². The number of hydrogen-bond donors (Lipinski definition) is 2. The van der Waals surface area contributed by atoms with E-state index in [1.54, 1.807) is 19.9 Å². The number of hydrogen-bond acceptors (Lipinski definition) is 2. The Morgan fingerprint density at radius 1 is 1.75 bits per heavy atom. The Bertz CT molecular complexity index is 118. The lowest BCUT2D eigenvalue weighted by Crippen LogP contribution is -2.30. The third-order valence-corrected chi connectivity index (χ3v) is 0.922. The summed E-state index contributed by atoms with van der Waals surface area (Å²) in [5.41, 5.74) is 2.64. The average molecular weight is 114 g/mol. The van der Waals surface area contributed by atoms with E-state index in [9.17, 15) is 4.79 Å². The highest BCUT2D eigenvalue weighted by atomic mass is 16.2. The maximum atomic E-state index is 10.4. The molecule has 0 aromatic rings. The Morgan fingerprint density at radius 2 is 2.25 bits per heavy atom. The molecule has 0 aliphatic rings. The van der Waals surface area contributed by atoms with Gasteiger partial charge in [-0.15, -0.1) is 0 Å². The first-order valence-electron chi connectivity index (χ1n) is 2.36. The number of hydrazine groups is 1. The second-order valence-electron chi connectivity index (χ2n) is 1.45. The number of amides is 1. The van der Waals surface area contributed by atoms with Crippen molar-refractivity contribution in [3.8, 4) is 0 Å². The number of carbonyl (C=O) groups excluding carboxylic acids is 1. The van der Waals surface area contributed by atoms with Crippen molar-refractivity contribution >= 4 is 5.91 Å². The van der Waals surface area contributed by atoms with E-state index in [2.05, 4.69) is 0 Å². The zero-order chi connectivity index (χ0) is 6.57. The van der Waals surface area contributed by atoms with E-state index >= 15 is 0 Å². The van der Waals surface area contributed by atoms with Gasteiger partial charge in [0.2, 0.25) is 0 Å². The summed E-state index contributed by atoms with van der Waals surface area (Å²) in [6, 6.07) is 0. The van der Waals surface area contributed by atoms with Gasteiger partial charge in [-0.05, 0) is 13.8 Å². The molecule has 3 N–H and O–H groups in total. The van der Waals surface area contributed by atoms with Gasteiger partial charge in [0.15, 0.2) is 0 Å². The third-order valence-electron chi connectivity index (χ3n) is 0.922. The topological polar surface area (TPSA) is 55.1 Å². The normalized spacial score (nSPS) is 11.1. The van der Waals surface area contributed by atoms with Crippen LogP contribution in [-0.2, 0) is 4.79 Å². The van der Waals surface area contributed by atoms with E-state index in [0.29, 0.717) is 5.57 Å². The lowest BCUT2D eigenvalue weighted by Gasteiger charge is -1.94. The molecule has 0 aliphatic carbocycles. The minimum absolute atomic E-state index is 0.229. The highest BCUT2D eigenvalue weighted by Gasteiger charge is 1.95. The molecule has 0 aromatic heterocycles. The van der Waals surface area contributed by atoms with Crippen molar-refractivity contribution in [2.75, 3.05) is 0 Å². The second-order valence-corrected chi connectivity index (χ2v) is 1.45. The van der Waals surface area contributed by atoms with Gasteiger partial charge in [0.1, 0.15) is 0 Å². The molecule has 0 radical (unpaired) electrons. The molecule has 0 aromatic carbocycles. The Hall–Kier alpha value is -0.830. The first kappa shape index (κ1) is 7.17. The molecule has 3 heteroatoms. The van der Waals surface area contributed by atoms with Crippen LogP contribution in [0.4, 0.5) is 0 Å². The molecule has 0 bridgehead atoms. The van der Waals surface area contributed by atoms with Crippen molar-refractivity contribution in [3.05, 3.63) is 11.6 Å². The summed E-state index contributed by atoms with van der Waals surface area (Å²) in [4.78, 5) is 10.4. The molecule has 46 valence electrons. The fourth-order valence-electron chi connectivity index (χ4n) is 0.245. The van der Waals surface area contributed by atoms with Gasteiger partial charge in [0.05, 0.1) is 0 Å². The average Bonchev–Trinajstić information content (AvgIpc) is 1.84. The zero-order valence-electron chi connectivity index (χ0n) is 5.06. The summed E-state index contributed by atoms with van der Waals surface area (Å²) in [7, 11) is 0. The molecule has 0 saturated carbocycles. The highest BCUT2D eigenvalue weighted by molar-refractivity contribution is 5.92. The number of carbonyl (C=O) groups is 1. The lowest BCUT2D eigenvalue weighted by atomic mass is 10.3. The molecule has 0 unspecified atom stereocenters. The molecule has 0 aliphatic heterocycles. The number of nitrogens with one attached hydrogen (secondary N) is 1. The van der Waals surface area contributed by atoms with Gasteiger partial charge in [0, 0.05) is 5.57 Å². The predicted octanol–water partition coefficient (Wildman–Crippen LogP) is -0.0575. The molecule has 0 spiro atoms. The smallest absolute Gasteiger partial charge is 0.260 e. The van der Waals surface area contributed by atoms with Crippen molar-refractivity contribution in [1.29, 1.82) is 0 Å². The van der Waals surface area contributed by atoms with Crippen LogP contribution in [0, 0.1) is 0 Å². The van der Waals surface area contributed by atoms with Crippen LogP contribution < -0.4 is 11.3 Å². The van der Waals surface area contributed by atoms with Gasteiger partial charge in [-0.1, -0.05) is 6.08 Å². The van der Waals surface area contributed by atoms with E-state index in [1.165, 1.54) is 0 Å². The standard InChI is InChI=1S/C5H10N2O/c1-3-4(2)5(8)7-6/h3H,6H2,1-2H3,(H,7,8)/b4-3+. The largest absolute Gasteiger partial charge is 0.290 e. The van der Waals surface area contributed by atoms with E-state index in [-0.39, 0.29) is 5.91 Å². The maximum absolute atomic E-state index is 10.4. The van der Waals surface area contributed by atoms with E-state index in [1.807, 2.05) is 5.43 Å². The van der Waals surface area contributed by atoms with Gasteiger partial charge in [-0.3, -0.25) is 10.2 Å². The third kappa shape index (κ3) is 1.75. The molecular weight excluding hydrogens is 104 g/mol. The van der Waals surface area contributed by atoms with Gasteiger partial charge >= 0.3 is 0 Å². The van der Waals surface area contributed by atoms with Crippen LogP contribution in [0.2, 0.25) is 0 Å². The minimum Gasteiger partial charge on any atom is -0.290 e. The van der Waals surface area contributed by atoms with Gasteiger partial charge in [-0.25, -0.2) is 5.84 Å². The van der Waals surface area contributed by atoms with Gasteiger partial charge in [0.25, 0.3) is 5.91 Å². The molecule has 0 saturated heterocycles. The van der Waals surface area contributed by atoms with Crippen molar-refractivity contribution in [1.82, 2.24) is 5.43 Å². The van der Waals surface area contributed by atoms with Crippen LogP contribution >= 0.6 is 0 Å². The lowest BCUT2D eigenvalue weighted by molar-refractivity contribution is -0.117. The summed E-state index contributed by atoms with van der Waals surface area (Å²) in [6.07, 6.45) is 1.70. The van der Waals surface area contributed by atoms with Crippen LogP contribution in [0.25, 0.3) is 0 Å². The SMILES string of the molecule is C/C=C(\C)C(=O)NN. The first-order valence-corrected chi connectivity index (χ1v) is 2.36. The number of nitrogens with two attached hydrogens (primary N) is 1. The summed E-state index contributed by atoms with van der Waals surface area (Å²) >= 11 is 0. The molecule has 0 fully saturated rings. The molecule has 3 nitrogen and oxygen atoms in total. The quantitative estimate of drug-likeness (QED) is 0.217. The molecular formula is C5H10N2O. The summed E-state index contributed by atoms with van der Waals surface area (Å²) < 4.78 is 0. The van der Waals surface area contributed by atoms with Crippen molar-refractivity contribution in [3.63, 3.8) is 0 Å². The molecule has 0 heterocycles. The van der Waals surface area contributed by atoms with Crippen molar-refractivity contribution in [2.45, 2.75) is 13.8 Å². The first-order chi connectivity index (χ1) is 3.72. The summed E-state index contributed by atoms with van der Waals surface area (Å²) in [5, 5.41) is 0. The van der Waals surface area contributed by atoms with E-state index < -0.39 is 0 Å². The highest BCUT2D eigenvalue weighted by Crippen LogP contribution is 1.87. The predicted molar refractivity (Wildman–Crippen MR) is 31.8 cm³/mol. The minimum atomic E-state index is -0.229. The fourth-order valence-corrected chi connectivity index (χ4v) is 0.245. The van der Waals surface area contributed by atoms with Gasteiger partial charge < -0.3 is 0 Å². The zero-order valence-corrected chi connectivity index (χ0v) is 5.06. The Kier molecular flexibility index (Phi) is 2.88. The molecule has 0 atom stereocenters. The van der Waals surface area contributed by atoms with Crippen LogP contribution in [0.5, 0.6) is 0 Å². The van der Waals surface area contributed by atoms with E-state index in [4.69, 9.17) is 5.84 Å². The van der Waals surface area contributed by atoms with Crippen LogP contribution in [0.15, 0.2) is 11.6 Å². The summed E-state index contributed by atoms with van der Waals surface area (Å²) in [6.45, 7) is 3.48. The van der Waals surface area contributed by atoms with E-state index in [0.717, 1.165) is 0 Å². The molecule has 8 heavy (non-hydrogen) atoms. The van der Waals surface area contributed by atoms with Crippen LogP contribution in [-0.4, -0.2) is 5.91 Å². The van der Waals surface area contributed by atoms with Gasteiger partial charge in [-0.2, -0.15) is 0 Å². The molecule has 0 rings (SSSR count). The number of allylic oxidation sites excluding steroid dienone is 1.